The minimum atomic E-state index is -4.40. The molecule has 0 amide bonds. The van der Waals surface area contributed by atoms with E-state index in [0.717, 1.165) is 18.2 Å². The molecule has 0 fully saturated rings. The fraction of sp³-hybridized carbons (Fsp3) is 0.200. The topological polar surface area (TPSA) is 83.8 Å². The third-order valence-corrected chi connectivity index (χ3v) is 1.84. The minimum Gasteiger partial charge on any atom is -0.507 e. The Morgan fingerprint density at radius 3 is 2.35 bits per heavy atom. The summed E-state index contributed by atoms with van der Waals surface area (Å²) in [4.78, 5) is 21.0. The molecular weight excluding hydrogens is 238 g/mol. The number of phenolic OH excluding ortho intramolecular Hbond substituents is 1. The zero-order valence-corrected chi connectivity index (χ0v) is 8.61. The fourth-order valence-electron chi connectivity index (χ4n) is 1.06. The molecule has 0 bridgehead atoms. The summed E-state index contributed by atoms with van der Waals surface area (Å²) in [6.45, 7) is 1.18. The zero-order valence-electron chi connectivity index (χ0n) is 8.61. The van der Waals surface area contributed by atoms with E-state index in [1.54, 1.807) is 0 Å². The molecule has 17 heavy (non-hydrogen) atoms. The van der Waals surface area contributed by atoms with Crippen LogP contribution in [0.3, 0.4) is 0 Å². The van der Waals surface area contributed by atoms with Gasteiger partial charge in [0.25, 0.3) is 0 Å². The van der Waals surface area contributed by atoms with Crippen LogP contribution in [0.1, 0.15) is 17.3 Å². The lowest BCUT2D eigenvalue weighted by Gasteiger charge is -2.13. The van der Waals surface area contributed by atoms with Crippen molar-refractivity contribution in [1.29, 1.82) is 0 Å². The molecule has 0 saturated heterocycles. The van der Waals surface area contributed by atoms with Gasteiger partial charge in [0.1, 0.15) is 11.5 Å². The molecule has 0 saturated carbocycles. The summed E-state index contributed by atoms with van der Waals surface area (Å²) in [5, 5.41) is 17.4. The Morgan fingerprint density at radius 2 is 1.94 bits per heavy atom. The number of rotatable bonds is 4. The van der Waals surface area contributed by atoms with Crippen molar-refractivity contribution in [2.45, 2.75) is 13.0 Å². The Morgan fingerprint density at radius 1 is 1.35 bits per heavy atom. The molecular formula is C10H8F2O5. The highest BCUT2D eigenvalue weighted by Gasteiger charge is 2.42. The molecule has 0 radical (unpaired) electrons. The van der Waals surface area contributed by atoms with E-state index in [0.29, 0.717) is 0 Å². The van der Waals surface area contributed by atoms with Crippen molar-refractivity contribution in [3.05, 3.63) is 23.8 Å². The summed E-state index contributed by atoms with van der Waals surface area (Å²) in [5.41, 5.74) is -0.0732. The average molecular weight is 246 g/mol. The molecule has 0 aromatic heterocycles. The van der Waals surface area contributed by atoms with Crippen LogP contribution in [0.2, 0.25) is 0 Å². The second-order valence-electron chi connectivity index (χ2n) is 3.16. The molecule has 0 atom stereocenters. The van der Waals surface area contributed by atoms with Gasteiger partial charge in [-0.2, -0.15) is 8.78 Å². The largest absolute Gasteiger partial charge is 0.507 e. The van der Waals surface area contributed by atoms with Gasteiger partial charge >= 0.3 is 12.1 Å². The Balaban J connectivity index is 2.99. The van der Waals surface area contributed by atoms with E-state index < -0.39 is 29.4 Å². The van der Waals surface area contributed by atoms with Crippen molar-refractivity contribution in [3.63, 3.8) is 0 Å². The summed E-state index contributed by atoms with van der Waals surface area (Å²) >= 11 is 0. The Bertz CT molecular complexity index is 470. The van der Waals surface area contributed by atoms with Gasteiger partial charge in [0, 0.05) is 6.07 Å². The fourth-order valence-corrected chi connectivity index (χ4v) is 1.06. The van der Waals surface area contributed by atoms with Crippen LogP contribution < -0.4 is 4.74 Å². The van der Waals surface area contributed by atoms with Gasteiger partial charge in [-0.1, -0.05) is 0 Å². The van der Waals surface area contributed by atoms with E-state index in [4.69, 9.17) is 5.11 Å². The molecule has 92 valence electrons. The van der Waals surface area contributed by atoms with E-state index in [9.17, 15) is 23.5 Å². The van der Waals surface area contributed by atoms with Crippen LogP contribution >= 0.6 is 0 Å². The number of ketones is 1. The van der Waals surface area contributed by atoms with Crippen molar-refractivity contribution in [2.24, 2.45) is 0 Å². The number of hydrogen-bond donors (Lipinski definition) is 2. The first-order valence-electron chi connectivity index (χ1n) is 4.38. The van der Waals surface area contributed by atoms with Gasteiger partial charge in [-0.3, -0.25) is 4.79 Å². The van der Waals surface area contributed by atoms with Gasteiger partial charge in [0.05, 0.1) is 5.56 Å². The molecule has 0 aliphatic carbocycles. The van der Waals surface area contributed by atoms with Gasteiger partial charge in [0.2, 0.25) is 0 Å². The van der Waals surface area contributed by atoms with Gasteiger partial charge in [-0.05, 0) is 19.1 Å². The Labute approximate surface area is 94.2 Å². The molecule has 0 spiro atoms. The van der Waals surface area contributed by atoms with E-state index in [1.807, 2.05) is 0 Å². The average Bonchev–Trinajstić information content (AvgIpc) is 2.15. The highest BCUT2D eigenvalue weighted by Crippen LogP contribution is 2.28. The molecule has 0 heterocycles. The molecule has 1 rings (SSSR count). The second-order valence-corrected chi connectivity index (χ2v) is 3.16. The van der Waals surface area contributed by atoms with E-state index in [-0.39, 0.29) is 5.56 Å². The molecule has 2 N–H and O–H groups in total. The number of hydrogen-bond acceptors (Lipinski definition) is 4. The smallest absolute Gasteiger partial charge is 0.501 e. The third-order valence-electron chi connectivity index (χ3n) is 1.84. The number of carboxylic acids is 1. The first-order valence-corrected chi connectivity index (χ1v) is 4.38. The number of benzene rings is 1. The third kappa shape index (κ3) is 2.90. The number of halogens is 2. The number of carbonyl (C=O) groups excluding carboxylic acids is 1. The zero-order chi connectivity index (χ0) is 13.2. The van der Waals surface area contributed by atoms with Crippen LogP contribution in [-0.4, -0.2) is 28.1 Å². The van der Waals surface area contributed by atoms with Crippen LogP contribution in [0.15, 0.2) is 18.2 Å². The quantitative estimate of drug-likeness (QED) is 0.789. The maximum atomic E-state index is 12.7. The number of carbonyl (C=O) groups is 2. The lowest BCUT2D eigenvalue weighted by Crippen LogP contribution is -2.34. The number of carboxylic acid groups (broad SMARTS) is 1. The van der Waals surface area contributed by atoms with Crippen LogP contribution in [0.25, 0.3) is 0 Å². The van der Waals surface area contributed by atoms with Crippen LogP contribution in [-0.2, 0) is 4.79 Å². The van der Waals surface area contributed by atoms with Gasteiger partial charge in [-0.25, -0.2) is 4.79 Å². The monoisotopic (exact) mass is 246 g/mol. The predicted molar refractivity (Wildman–Crippen MR) is 51.3 cm³/mol. The molecule has 1 aromatic carbocycles. The number of phenols is 1. The number of ether oxygens (including phenoxy) is 1. The summed E-state index contributed by atoms with van der Waals surface area (Å²) in [7, 11) is 0. The van der Waals surface area contributed by atoms with E-state index in [1.165, 1.54) is 6.92 Å². The predicted octanol–water partition coefficient (Wildman–Crippen LogP) is 1.65. The maximum absolute atomic E-state index is 12.7. The minimum absolute atomic E-state index is 0.0732. The number of aromatic hydroxyl groups is 1. The SMILES string of the molecule is CC(=O)c1ccc(OC(F)(F)C(=O)O)cc1O. The highest BCUT2D eigenvalue weighted by molar-refractivity contribution is 5.96. The second kappa shape index (κ2) is 4.36. The standard InChI is InChI=1S/C10H8F2O5/c1-5(13)7-3-2-6(4-8(7)14)17-10(11,12)9(15)16/h2-4,14H,1H3,(H,15,16). The molecule has 0 aliphatic rings. The summed E-state index contributed by atoms with van der Waals surface area (Å²) in [5.74, 6) is -4.03. The lowest BCUT2D eigenvalue weighted by molar-refractivity contribution is -0.210. The van der Waals surface area contributed by atoms with Gasteiger partial charge < -0.3 is 14.9 Å². The van der Waals surface area contributed by atoms with Crippen LogP contribution in [0.4, 0.5) is 8.78 Å². The van der Waals surface area contributed by atoms with Crippen molar-refractivity contribution in [2.75, 3.05) is 0 Å². The van der Waals surface area contributed by atoms with E-state index in [2.05, 4.69) is 4.74 Å². The van der Waals surface area contributed by atoms with Crippen molar-refractivity contribution >= 4 is 11.8 Å². The first kappa shape index (κ1) is 12.9. The summed E-state index contributed by atoms with van der Waals surface area (Å²) < 4.78 is 29.2. The van der Waals surface area contributed by atoms with E-state index >= 15 is 0 Å². The summed E-state index contributed by atoms with van der Waals surface area (Å²) in [6.07, 6.45) is -4.40. The normalized spacial score (nSPS) is 11.0. The van der Waals surface area contributed by atoms with Crippen LogP contribution in [0.5, 0.6) is 11.5 Å². The van der Waals surface area contributed by atoms with Crippen LogP contribution in [0, 0.1) is 0 Å². The van der Waals surface area contributed by atoms with Gasteiger partial charge in [0.15, 0.2) is 5.78 Å². The maximum Gasteiger partial charge on any atom is 0.501 e. The number of alkyl halides is 2. The van der Waals surface area contributed by atoms with Crippen molar-refractivity contribution in [3.8, 4) is 11.5 Å². The molecule has 7 heteroatoms. The molecule has 0 aliphatic heterocycles. The summed E-state index contributed by atoms with van der Waals surface area (Å²) in [6, 6.07) is 2.77. The lowest BCUT2D eigenvalue weighted by atomic mass is 10.1. The van der Waals surface area contributed by atoms with Gasteiger partial charge in [-0.15, -0.1) is 0 Å². The van der Waals surface area contributed by atoms with Crippen molar-refractivity contribution < 1.29 is 33.3 Å². The highest BCUT2D eigenvalue weighted by atomic mass is 19.3. The molecule has 1 aromatic rings. The number of Topliss-reactive ketones (excluding diaryl/α,β-unsaturated/α-hetero) is 1. The van der Waals surface area contributed by atoms with Crippen molar-refractivity contribution in [1.82, 2.24) is 0 Å². The Hall–Kier alpha value is -2.18. The first-order chi connectivity index (χ1) is 7.74. The Kier molecular flexibility index (Phi) is 3.31. The molecule has 5 nitrogen and oxygen atoms in total. The number of aliphatic carboxylic acids is 1. The molecule has 0 unspecified atom stereocenters.